The lowest BCUT2D eigenvalue weighted by molar-refractivity contribution is 0.247. The third-order valence-electron chi connectivity index (χ3n) is 6.93. The summed E-state index contributed by atoms with van der Waals surface area (Å²) in [6, 6.07) is 9.70. The zero-order chi connectivity index (χ0) is 21.3. The maximum Gasteiger partial charge on any atom is 0.0597 e. The molecular formula is C28H42N2. The average molecular weight is 407 g/mol. The summed E-state index contributed by atoms with van der Waals surface area (Å²) < 4.78 is 0. The number of hydrogen-bond acceptors (Lipinski definition) is 2. The highest BCUT2D eigenvalue weighted by Crippen LogP contribution is 2.46. The Morgan fingerprint density at radius 2 is 1.87 bits per heavy atom. The molecule has 1 aromatic carbocycles. The van der Waals surface area contributed by atoms with Crippen molar-refractivity contribution in [3.63, 3.8) is 0 Å². The van der Waals surface area contributed by atoms with Gasteiger partial charge >= 0.3 is 0 Å². The van der Waals surface area contributed by atoms with E-state index in [2.05, 4.69) is 74.1 Å². The molecule has 1 aromatic rings. The van der Waals surface area contributed by atoms with Gasteiger partial charge in [0.1, 0.15) is 0 Å². The maximum absolute atomic E-state index is 4.05. The van der Waals surface area contributed by atoms with Crippen LogP contribution in [0.25, 0.3) is 0 Å². The Hall–Kier alpha value is -1.96. The minimum atomic E-state index is 0.642. The van der Waals surface area contributed by atoms with Crippen LogP contribution in [0.2, 0.25) is 0 Å². The lowest BCUT2D eigenvalue weighted by Gasteiger charge is -2.30. The normalized spacial score (nSPS) is 20.9. The quantitative estimate of drug-likeness (QED) is 0.299. The van der Waals surface area contributed by atoms with E-state index in [1.54, 1.807) is 5.57 Å². The van der Waals surface area contributed by atoms with Gasteiger partial charge in [-0.1, -0.05) is 74.6 Å². The molecule has 0 bridgehead atoms. The van der Waals surface area contributed by atoms with Crippen LogP contribution in [0.3, 0.4) is 0 Å². The van der Waals surface area contributed by atoms with Gasteiger partial charge in [0.25, 0.3) is 0 Å². The standard InChI is InChI=1S/C28H42N2/c1-5-12-27-24(14-10-8-7-9-13-23-19-17-22(3)18-20-23)25-15-11-16-26(29-4)28(25)30(27)21-6-2/h6,15,17-20,24,27,29H,2,5,7-14,16,21H2,1,3-4H3. The van der Waals surface area contributed by atoms with Crippen LogP contribution in [0.4, 0.5) is 0 Å². The summed E-state index contributed by atoms with van der Waals surface area (Å²) in [7, 11) is 2.09. The van der Waals surface area contributed by atoms with Crippen LogP contribution in [0.5, 0.6) is 0 Å². The van der Waals surface area contributed by atoms with Gasteiger partial charge in [0.15, 0.2) is 0 Å². The summed E-state index contributed by atoms with van der Waals surface area (Å²) in [4.78, 5) is 2.66. The molecule has 1 aliphatic carbocycles. The Bertz CT molecular complexity index is 740. The van der Waals surface area contributed by atoms with Gasteiger partial charge in [0.2, 0.25) is 0 Å². The van der Waals surface area contributed by atoms with Gasteiger partial charge in [0.05, 0.1) is 5.70 Å². The van der Waals surface area contributed by atoms with Crippen molar-refractivity contribution in [3.8, 4) is 0 Å². The number of nitrogens with one attached hydrogen (secondary N) is 1. The highest BCUT2D eigenvalue weighted by Gasteiger charge is 2.41. The summed E-state index contributed by atoms with van der Waals surface area (Å²) in [5.41, 5.74) is 7.42. The third kappa shape index (κ3) is 5.39. The third-order valence-corrected chi connectivity index (χ3v) is 6.93. The van der Waals surface area contributed by atoms with E-state index in [9.17, 15) is 0 Å². The lowest BCUT2D eigenvalue weighted by Crippen LogP contribution is -2.33. The minimum absolute atomic E-state index is 0.642. The summed E-state index contributed by atoms with van der Waals surface area (Å²) in [6.07, 6.45) is 17.4. The number of likely N-dealkylation sites (tertiary alicyclic amines) is 1. The van der Waals surface area contributed by atoms with Gasteiger partial charge < -0.3 is 10.2 Å². The van der Waals surface area contributed by atoms with Crippen molar-refractivity contribution >= 4 is 0 Å². The topological polar surface area (TPSA) is 15.3 Å². The van der Waals surface area contributed by atoms with Gasteiger partial charge in [-0.05, 0) is 56.6 Å². The smallest absolute Gasteiger partial charge is 0.0597 e. The number of rotatable bonds is 12. The fourth-order valence-corrected chi connectivity index (χ4v) is 5.43. The van der Waals surface area contributed by atoms with Crippen molar-refractivity contribution in [2.75, 3.05) is 13.6 Å². The first-order valence-corrected chi connectivity index (χ1v) is 12.2. The zero-order valence-corrected chi connectivity index (χ0v) is 19.6. The van der Waals surface area contributed by atoms with E-state index in [4.69, 9.17) is 0 Å². The molecule has 1 heterocycles. The van der Waals surface area contributed by atoms with Crippen molar-refractivity contribution in [1.29, 1.82) is 0 Å². The molecule has 1 saturated heterocycles. The van der Waals surface area contributed by atoms with Gasteiger partial charge in [-0.15, -0.1) is 6.58 Å². The lowest BCUT2D eigenvalue weighted by atomic mass is 9.85. The predicted octanol–water partition coefficient (Wildman–Crippen LogP) is 6.93. The second kappa shape index (κ2) is 11.4. The number of nitrogens with zero attached hydrogens (tertiary/aromatic N) is 1. The molecule has 0 aromatic heterocycles. The molecule has 30 heavy (non-hydrogen) atoms. The first-order chi connectivity index (χ1) is 14.7. The molecule has 2 aliphatic rings. The Kier molecular flexibility index (Phi) is 8.66. The molecule has 1 aliphatic heterocycles. The van der Waals surface area contributed by atoms with Gasteiger partial charge in [-0.25, -0.2) is 0 Å². The van der Waals surface area contributed by atoms with E-state index in [0.29, 0.717) is 12.0 Å². The molecular weight excluding hydrogens is 364 g/mol. The van der Waals surface area contributed by atoms with E-state index in [1.165, 1.54) is 80.3 Å². The molecule has 1 fully saturated rings. The number of unbranched alkanes of at least 4 members (excludes halogenated alkanes) is 3. The predicted molar refractivity (Wildman–Crippen MR) is 130 cm³/mol. The monoisotopic (exact) mass is 406 g/mol. The average Bonchev–Trinajstić information content (AvgIpc) is 3.05. The van der Waals surface area contributed by atoms with Crippen LogP contribution in [0.1, 0.15) is 75.8 Å². The number of benzene rings is 1. The number of aryl methyl sites for hydroxylation is 2. The highest BCUT2D eigenvalue weighted by molar-refractivity contribution is 5.44. The van der Waals surface area contributed by atoms with Gasteiger partial charge in [0, 0.05) is 31.2 Å². The molecule has 2 atom stereocenters. The molecule has 0 spiro atoms. The largest absolute Gasteiger partial charge is 0.390 e. The molecule has 1 N–H and O–H groups in total. The first kappa shape index (κ1) is 22.7. The summed E-state index contributed by atoms with van der Waals surface area (Å²) in [5.74, 6) is 0.695. The molecule has 0 radical (unpaired) electrons. The van der Waals surface area contributed by atoms with Crippen LogP contribution in [-0.2, 0) is 6.42 Å². The molecule has 2 unspecified atom stereocenters. The fraction of sp³-hybridized carbons (Fsp3) is 0.571. The van der Waals surface area contributed by atoms with Crippen LogP contribution in [0, 0.1) is 12.8 Å². The molecule has 0 amide bonds. The number of fused-ring (bicyclic) bond motifs is 1. The van der Waals surface area contributed by atoms with Crippen molar-refractivity contribution in [2.45, 2.75) is 84.1 Å². The van der Waals surface area contributed by atoms with Crippen LogP contribution in [0.15, 0.2) is 60.0 Å². The van der Waals surface area contributed by atoms with Gasteiger partial charge in [-0.3, -0.25) is 0 Å². The van der Waals surface area contributed by atoms with Crippen molar-refractivity contribution < 1.29 is 0 Å². The van der Waals surface area contributed by atoms with Crippen molar-refractivity contribution in [1.82, 2.24) is 10.2 Å². The molecule has 3 rings (SSSR count). The van der Waals surface area contributed by atoms with E-state index >= 15 is 0 Å². The second-order valence-electron chi connectivity index (χ2n) is 9.12. The van der Waals surface area contributed by atoms with E-state index in [-0.39, 0.29) is 0 Å². The second-order valence-corrected chi connectivity index (χ2v) is 9.12. The highest BCUT2D eigenvalue weighted by atomic mass is 15.2. The number of hydrogen-bond donors (Lipinski definition) is 1. The minimum Gasteiger partial charge on any atom is -0.390 e. The summed E-state index contributed by atoms with van der Waals surface area (Å²) in [6.45, 7) is 9.52. The molecule has 2 heteroatoms. The maximum atomic E-state index is 4.05. The van der Waals surface area contributed by atoms with Crippen molar-refractivity contribution in [3.05, 3.63) is 71.1 Å². The van der Waals surface area contributed by atoms with Crippen LogP contribution < -0.4 is 5.32 Å². The molecule has 2 nitrogen and oxygen atoms in total. The van der Waals surface area contributed by atoms with Crippen LogP contribution in [-0.4, -0.2) is 24.5 Å². The first-order valence-electron chi connectivity index (χ1n) is 12.2. The summed E-state index contributed by atoms with van der Waals surface area (Å²) in [5, 5.41) is 3.51. The summed E-state index contributed by atoms with van der Waals surface area (Å²) >= 11 is 0. The van der Waals surface area contributed by atoms with E-state index in [0.717, 1.165) is 13.0 Å². The zero-order valence-electron chi connectivity index (χ0n) is 19.6. The SMILES string of the molecule is C=CCN1C2=C(NC)CCC=C2C(CCCCCCc2ccc(C)cc2)C1CCC. The number of allylic oxidation sites excluding steroid dienone is 3. The van der Waals surface area contributed by atoms with Gasteiger partial charge in [-0.2, -0.15) is 0 Å². The Labute approximate surface area is 185 Å². The Morgan fingerprint density at radius 3 is 2.57 bits per heavy atom. The van der Waals surface area contributed by atoms with E-state index < -0.39 is 0 Å². The van der Waals surface area contributed by atoms with Crippen molar-refractivity contribution in [2.24, 2.45) is 5.92 Å². The molecule has 164 valence electrons. The van der Waals surface area contributed by atoms with E-state index in [1.807, 2.05) is 0 Å². The Morgan fingerprint density at radius 1 is 1.10 bits per heavy atom. The van der Waals surface area contributed by atoms with Crippen LogP contribution >= 0.6 is 0 Å². The Balaban J connectivity index is 1.56. The molecule has 0 saturated carbocycles. The fourth-order valence-electron chi connectivity index (χ4n) is 5.43.